The Balaban J connectivity index is 2.60. The van der Waals surface area contributed by atoms with Gasteiger partial charge in [0.15, 0.2) is 6.29 Å². The molecule has 0 aliphatic carbocycles. The van der Waals surface area contributed by atoms with Gasteiger partial charge >= 0.3 is 0 Å². The Bertz CT molecular complexity index is 177. The van der Waals surface area contributed by atoms with E-state index in [2.05, 4.69) is 20.8 Å². The van der Waals surface area contributed by atoms with Crippen molar-refractivity contribution in [1.82, 2.24) is 0 Å². The van der Waals surface area contributed by atoms with Crippen LogP contribution >= 0.6 is 0 Å². The second-order valence-electron chi connectivity index (χ2n) is 4.55. The van der Waals surface area contributed by atoms with E-state index in [0.717, 1.165) is 12.8 Å². The number of hydrogen-bond acceptors (Lipinski definition) is 3. The fourth-order valence-electron chi connectivity index (χ4n) is 2.13. The van der Waals surface area contributed by atoms with Crippen molar-refractivity contribution in [3.8, 4) is 0 Å². The molecular formula is C11H22O3. The van der Waals surface area contributed by atoms with Gasteiger partial charge in [-0.15, -0.1) is 0 Å². The van der Waals surface area contributed by atoms with Crippen LogP contribution in [0.5, 0.6) is 0 Å². The number of hydrogen-bond donors (Lipinski definition) is 0. The van der Waals surface area contributed by atoms with Gasteiger partial charge in [0, 0.05) is 14.2 Å². The van der Waals surface area contributed by atoms with E-state index in [9.17, 15) is 0 Å². The number of ether oxygens (including phenoxy) is 3. The van der Waals surface area contributed by atoms with Crippen LogP contribution in [-0.4, -0.2) is 32.2 Å². The summed E-state index contributed by atoms with van der Waals surface area (Å²) in [7, 11) is 3.32. The Morgan fingerprint density at radius 3 is 2.21 bits per heavy atom. The average molecular weight is 202 g/mol. The fraction of sp³-hybridized carbons (Fsp3) is 1.00. The summed E-state index contributed by atoms with van der Waals surface area (Å²) in [6, 6.07) is 0. The molecule has 2 atom stereocenters. The van der Waals surface area contributed by atoms with Crippen molar-refractivity contribution in [1.29, 1.82) is 0 Å². The minimum Gasteiger partial charge on any atom is -0.366 e. The van der Waals surface area contributed by atoms with Crippen molar-refractivity contribution < 1.29 is 14.2 Å². The Kier molecular flexibility index (Phi) is 3.93. The molecule has 1 aliphatic heterocycles. The van der Waals surface area contributed by atoms with Gasteiger partial charge < -0.3 is 14.2 Å². The SMILES string of the molecule is COC(OC)[C@@]1(C)CC[C@@H](C(C)C)O1. The Hall–Kier alpha value is -0.120. The van der Waals surface area contributed by atoms with E-state index >= 15 is 0 Å². The van der Waals surface area contributed by atoms with Crippen molar-refractivity contribution in [2.24, 2.45) is 5.92 Å². The molecule has 0 saturated carbocycles. The zero-order valence-corrected chi connectivity index (χ0v) is 9.87. The standard InChI is InChI=1S/C11H22O3/c1-8(2)9-6-7-11(3,14-9)10(12-4)13-5/h8-10H,6-7H2,1-5H3/t9-,11+/m0/s1. The molecule has 1 aliphatic rings. The van der Waals surface area contributed by atoms with Crippen molar-refractivity contribution in [2.75, 3.05) is 14.2 Å². The molecule has 0 aromatic heterocycles. The third-order valence-electron chi connectivity index (χ3n) is 3.02. The van der Waals surface area contributed by atoms with Crippen molar-refractivity contribution in [3.05, 3.63) is 0 Å². The van der Waals surface area contributed by atoms with Crippen LogP contribution in [0.2, 0.25) is 0 Å². The van der Waals surface area contributed by atoms with Crippen LogP contribution in [-0.2, 0) is 14.2 Å². The van der Waals surface area contributed by atoms with E-state index < -0.39 is 0 Å². The van der Waals surface area contributed by atoms with E-state index in [-0.39, 0.29) is 11.9 Å². The maximum atomic E-state index is 6.00. The molecule has 84 valence electrons. The van der Waals surface area contributed by atoms with Gasteiger partial charge in [-0.05, 0) is 25.7 Å². The third kappa shape index (κ3) is 2.27. The molecule has 14 heavy (non-hydrogen) atoms. The smallest absolute Gasteiger partial charge is 0.185 e. The monoisotopic (exact) mass is 202 g/mol. The van der Waals surface area contributed by atoms with E-state index in [1.54, 1.807) is 14.2 Å². The van der Waals surface area contributed by atoms with E-state index in [1.165, 1.54) is 0 Å². The van der Waals surface area contributed by atoms with Gasteiger partial charge in [0.2, 0.25) is 0 Å². The largest absolute Gasteiger partial charge is 0.366 e. The second kappa shape index (κ2) is 4.60. The Labute approximate surface area is 86.7 Å². The molecule has 0 aromatic rings. The normalized spacial score (nSPS) is 33.2. The lowest BCUT2D eigenvalue weighted by Gasteiger charge is -2.32. The summed E-state index contributed by atoms with van der Waals surface area (Å²) < 4.78 is 16.5. The highest BCUT2D eigenvalue weighted by Crippen LogP contribution is 2.37. The number of rotatable bonds is 4. The first kappa shape index (κ1) is 12.0. The molecule has 1 rings (SSSR count). The molecule has 0 bridgehead atoms. The van der Waals surface area contributed by atoms with Gasteiger partial charge in [0.25, 0.3) is 0 Å². The van der Waals surface area contributed by atoms with Gasteiger partial charge in [-0.25, -0.2) is 0 Å². The third-order valence-corrected chi connectivity index (χ3v) is 3.02. The first-order valence-electron chi connectivity index (χ1n) is 5.27. The molecule has 3 heteroatoms. The minimum absolute atomic E-state index is 0.258. The highest BCUT2D eigenvalue weighted by molar-refractivity contribution is 4.89. The fourth-order valence-corrected chi connectivity index (χ4v) is 2.13. The lowest BCUT2D eigenvalue weighted by Crippen LogP contribution is -2.42. The minimum atomic E-state index is -0.279. The lowest BCUT2D eigenvalue weighted by atomic mass is 9.99. The molecule has 0 radical (unpaired) electrons. The second-order valence-corrected chi connectivity index (χ2v) is 4.55. The van der Waals surface area contributed by atoms with Crippen molar-refractivity contribution in [2.45, 2.75) is 51.6 Å². The summed E-state index contributed by atoms with van der Waals surface area (Å²) in [5.74, 6) is 0.561. The summed E-state index contributed by atoms with van der Waals surface area (Å²) in [6.45, 7) is 6.43. The Morgan fingerprint density at radius 1 is 1.29 bits per heavy atom. The zero-order valence-electron chi connectivity index (χ0n) is 9.87. The topological polar surface area (TPSA) is 27.7 Å². The lowest BCUT2D eigenvalue weighted by molar-refractivity contribution is -0.224. The van der Waals surface area contributed by atoms with E-state index in [0.29, 0.717) is 12.0 Å². The van der Waals surface area contributed by atoms with E-state index in [1.807, 2.05) is 0 Å². The first-order chi connectivity index (χ1) is 6.53. The van der Waals surface area contributed by atoms with Gasteiger partial charge in [0.1, 0.15) is 5.60 Å². The van der Waals surface area contributed by atoms with Gasteiger partial charge in [-0.3, -0.25) is 0 Å². The zero-order chi connectivity index (χ0) is 10.8. The van der Waals surface area contributed by atoms with Crippen LogP contribution in [0.3, 0.4) is 0 Å². The summed E-state index contributed by atoms with van der Waals surface area (Å²) in [5.41, 5.74) is -0.279. The van der Waals surface area contributed by atoms with Crippen LogP contribution in [0.4, 0.5) is 0 Å². The Morgan fingerprint density at radius 2 is 1.86 bits per heavy atom. The molecule has 0 amide bonds. The molecular weight excluding hydrogens is 180 g/mol. The van der Waals surface area contributed by atoms with Crippen LogP contribution in [0.1, 0.15) is 33.6 Å². The molecule has 3 nitrogen and oxygen atoms in total. The van der Waals surface area contributed by atoms with Crippen LogP contribution in [0, 0.1) is 5.92 Å². The highest BCUT2D eigenvalue weighted by Gasteiger charge is 2.44. The predicted octanol–water partition coefficient (Wildman–Crippen LogP) is 2.20. The summed E-state index contributed by atoms with van der Waals surface area (Å²) in [5, 5.41) is 0. The quantitative estimate of drug-likeness (QED) is 0.654. The summed E-state index contributed by atoms with van der Waals surface area (Å²) >= 11 is 0. The van der Waals surface area contributed by atoms with Crippen molar-refractivity contribution in [3.63, 3.8) is 0 Å². The molecule has 1 heterocycles. The van der Waals surface area contributed by atoms with Gasteiger partial charge in [0.05, 0.1) is 6.10 Å². The van der Waals surface area contributed by atoms with Crippen LogP contribution in [0.25, 0.3) is 0 Å². The molecule has 1 fully saturated rings. The number of methoxy groups -OCH3 is 2. The van der Waals surface area contributed by atoms with Crippen LogP contribution in [0.15, 0.2) is 0 Å². The van der Waals surface area contributed by atoms with Crippen molar-refractivity contribution >= 4 is 0 Å². The highest BCUT2D eigenvalue weighted by atomic mass is 16.7. The summed E-state index contributed by atoms with van der Waals surface area (Å²) in [6.07, 6.45) is 2.18. The van der Waals surface area contributed by atoms with E-state index in [4.69, 9.17) is 14.2 Å². The molecule has 0 aromatic carbocycles. The first-order valence-corrected chi connectivity index (χ1v) is 5.27. The molecule has 0 unspecified atom stereocenters. The average Bonchev–Trinajstić information content (AvgIpc) is 2.51. The van der Waals surface area contributed by atoms with Crippen LogP contribution < -0.4 is 0 Å². The van der Waals surface area contributed by atoms with Gasteiger partial charge in [-0.1, -0.05) is 13.8 Å². The molecule has 0 N–H and O–H groups in total. The maximum Gasteiger partial charge on any atom is 0.185 e. The maximum absolute atomic E-state index is 6.00. The summed E-state index contributed by atoms with van der Waals surface area (Å²) in [4.78, 5) is 0. The molecule has 0 spiro atoms. The predicted molar refractivity (Wildman–Crippen MR) is 55.2 cm³/mol. The molecule has 1 saturated heterocycles. The van der Waals surface area contributed by atoms with Gasteiger partial charge in [-0.2, -0.15) is 0 Å².